The van der Waals surface area contributed by atoms with Crippen molar-refractivity contribution in [3.8, 4) is 0 Å². The number of amides is 1. The number of carbonyl (C=O) groups excluding carboxylic acids is 2. The molecule has 0 aromatic heterocycles. The lowest BCUT2D eigenvalue weighted by Crippen LogP contribution is -2.32. The van der Waals surface area contributed by atoms with Crippen LogP contribution in [0.5, 0.6) is 0 Å². The minimum atomic E-state index is -0.540. The number of rotatable bonds is 2. The van der Waals surface area contributed by atoms with Gasteiger partial charge in [-0.1, -0.05) is 18.2 Å². The summed E-state index contributed by atoms with van der Waals surface area (Å²) in [5, 5.41) is 2.74. The quantitative estimate of drug-likeness (QED) is 0.861. The summed E-state index contributed by atoms with van der Waals surface area (Å²) in [6.07, 6.45) is 0.744. The molecule has 3 nitrogen and oxygen atoms in total. The molecule has 1 aliphatic heterocycles. The van der Waals surface area contributed by atoms with Crippen molar-refractivity contribution in [2.45, 2.75) is 13.3 Å². The van der Waals surface area contributed by atoms with Gasteiger partial charge in [0.05, 0.1) is 5.56 Å². The van der Waals surface area contributed by atoms with Crippen LogP contribution in [0.1, 0.15) is 37.4 Å². The molecule has 0 spiro atoms. The first-order chi connectivity index (χ1) is 10.1. The third-order valence-corrected chi connectivity index (χ3v) is 3.67. The Hall–Kier alpha value is -2.49. The Balaban J connectivity index is 2.02. The van der Waals surface area contributed by atoms with E-state index in [4.69, 9.17) is 0 Å². The molecule has 3 rings (SSSR count). The van der Waals surface area contributed by atoms with E-state index in [0.29, 0.717) is 17.7 Å². The number of fused-ring (bicyclic) bond motifs is 1. The Kier molecular flexibility index (Phi) is 3.29. The molecule has 0 atom stereocenters. The molecule has 4 heteroatoms. The summed E-state index contributed by atoms with van der Waals surface area (Å²) in [6, 6.07) is 9.48. The maximum atomic E-state index is 13.9. The number of halogens is 1. The van der Waals surface area contributed by atoms with Gasteiger partial charge < -0.3 is 5.32 Å². The summed E-state index contributed by atoms with van der Waals surface area (Å²) in [7, 11) is 0. The van der Waals surface area contributed by atoms with E-state index >= 15 is 0 Å². The lowest BCUT2D eigenvalue weighted by atomic mass is 9.94. The van der Waals surface area contributed by atoms with E-state index in [-0.39, 0.29) is 11.5 Å². The summed E-state index contributed by atoms with van der Waals surface area (Å²) in [5.41, 5.74) is 2.53. The van der Waals surface area contributed by atoms with E-state index in [9.17, 15) is 14.0 Å². The third kappa shape index (κ3) is 2.44. The number of hydrogen-bond donors (Lipinski definition) is 1. The molecule has 1 heterocycles. The fourth-order valence-electron chi connectivity index (χ4n) is 2.51. The predicted molar refractivity (Wildman–Crippen MR) is 77.0 cm³/mol. The van der Waals surface area contributed by atoms with Gasteiger partial charge in [0.1, 0.15) is 5.82 Å². The Bertz CT molecular complexity index is 752. The summed E-state index contributed by atoms with van der Waals surface area (Å²) in [6.45, 7) is 2.37. The van der Waals surface area contributed by atoms with Gasteiger partial charge in [-0.3, -0.25) is 9.59 Å². The molecule has 0 bridgehead atoms. The van der Waals surface area contributed by atoms with Gasteiger partial charge in [-0.05, 0) is 42.7 Å². The first-order valence-corrected chi connectivity index (χ1v) is 6.78. The van der Waals surface area contributed by atoms with Crippen LogP contribution in [0.25, 0.3) is 0 Å². The van der Waals surface area contributed by atoms with Crippen LogP contribution in [0, 0.1) is 12.7 Å². The zero-order valence-electron chi connectivity index (χ0n) is 11.6. The fourth-order valence-corrected chi connectivity index (χ4v) is 2.51. The second kappa shape index (κ2) is 5.13. The van der Waals surface area contributed by atoms with E-state index < -0.39 is 11.6 Å². The minimum Gasteiger partial charge on any atom is -0.352 e. The molecule has 0 fully saturated rings. The van der Waals surface area contributed by atoms with Crippen LogP contribution in [0.2, 0.25) is 0 Å². The first kappa shape index (κ1) is 13.5. The molecule has 0 radical (unpaired) electrons. The molecule has 2 aromatic rings. The number of benzene rings is 2. The van der Waals surface area contributed by atoms with Crippen molar-refractivity contribution in [2.24, 2.45) is 0 Å². The minimum absolute atomic E-state index is 0.0248. The third-order valence-electron chi connectivity index (χ3n) is 3.67. The largest absolute Gasteiger partial charge is 0.352 e. The van der Waals surface area contributed by atoms with Gasteiger partial charge in [0.2, 0.25) is 0 Å². The SMILES string of the molecule is Cc1ccc(C(=O)c2ccc3c(c2)C(=O)NCC3)c(F)c1. The molecule has 106 valence electrons. The van der Waals surface area contributed by atoms with Gasteiger partial charge >= 0.3 is 0 Å². The molecule has 0 saturated carbocycles. The van der Waals surface area contributed by atoms with Crippen LogP contribution in [0.4, 0.5) is 4.39 Å². The highest BCUT2D eigenvalue weighted by atomic mass is 19.1. The normalized spacial score (nSPS) is 13.5. The maximum absolute atomic E-state index is 13.9. The Morgan fingerprint density at radius 3 is 2.76 bits per heavy atom. The molecule has 1 amide bonds. The van der Waals surface area contributed by atoms with E-state index in [1.807, 2.05) is 0 Å². The van der Waals surface area contributed by atoms with Crippen LogP contribution >= 0.6 is 0 Å². The van der Waals surface area contributed by atoms with Crippen molar-refractivity contribution in [2.75, 3.05) is 6.54 Å². The van der Waals surface area contributed by atoms with Crippen molar-refractivity contribution < 1.29 is 14.0 Å². The highest BCUT2D eigenvalue weighted by Gasteiger charge is 2.20. The molecule has 0 unspecified atom stereocenters. The topological polar surface area (TPSA) is 46.2 Å². The van der Waals surface area contributed by atoms with Gasteiger partial charge in [-0.2, -0.15) is 0 Å². The number of carbonyl (C=O) groups is 2. The first-order valence-electron chi connectivity index (χ1n) is 6.78. The monoisotopic (exact) mass is 283 g/mol. The molecular weight excluding hydrogens is 269 g/mol. The Morgan fingerprint density at radius 2 is 2.00 bits per heavy atom. The Labute approximate surface area is 121 Å². The highest BCUT2D eigenvalue weighted by molar-refractivity contribution is 6.10. The zero-order chi connectivity index (χ0) is 15.0. The lowest BCUT2D eigenvalue weighted by Gasteiger charge is -2.17. The second-order valence-corrected chi connectivity index (χ2v) is 5.19. The second-order valence-electron chi connectivity index (χ2n) is 5.19. The van der Waals surface area contributed by atoms with Crippen molar-refractivity contribution in [1.82, 2.24) is 5.32 Å². The van der Waals surface area contributed by atoms with Gasteiger partial charge in [0.15, 0.2) is 5.78 Å². The van der Waals surface area contributed by atoms with Gasteiger partial charge in [-0.15, -0.1) is 0 Å². The van der Waals surface area contributed by atoms with E-state index in [1.165, 1.54) is 12.1 Å². The number of ketones is 1. The number of aryl methyl sites for hydroxylation is 1. The predicted octanol–water partition coefficient (Wildman–Crippen LogP) is 2.65. The zero-order valence-corrected chi connectivity index (χ0v) is 11.6. The van der Waals surface area contributed by atoms with E-state index in [2.05, 4.69) is 5.32 Å². The molecule has 2 aromatic carbocycles. The van der Waals surface area contributed by atoms with E-state index in [0.717, 1.165) is 17.5 Å². The number of hydrogen-bond acceptors (Lipinski definition) is 2. The van der Waals surface area contributed by atoms with Crippen LogP contribution < -0.4 is 5.32 Å². The molecule has 1 N–H and O–H groups in total. The summed E-state index contributed by atoms with van der Waals surface area (Å²) >= 11 is 0. The highest BCUT2D eigenvalue weighted by Crippen LogP contribution is 2.20. The molecule has 21 heavy (non-hydrogen) atoms. The smallest absolute Gasteiger partial charge is 0.251 e. The van der Waals surface area contributed by atoms with Crippen molar-refractivity contribution >= 4 is 11.7 Å². The molecule has 0 saturated heterocycles. The van der Waals surface area contributed by atoms with Crippen LogP contribution in [-0.2, 0) is 6.42 Å². The van der Waals surface area contributed by atoms with Gasteiger partial charge in [0, 0.05) is 17.7 Å². The van der Waals surface area contributed by atoms with Crippen LogP contribution in [0.3, 0.4) is 0 Å². The van der Waals surface area contributed by atoms with Crippen molar-refractivity contribution in [3.63, 3.8) is 0 Å². The lowest BCUT2D eigenvalue weighted by molar-refractivity contribution is 0.0946. The van der Waals surface area contributed by atoms with Crippen LogP contribution in [0.15, 0.2) is 36.4 Å². The Morgan fingerprint density at radius 1 is 1.19 bits per heavy atom. The summed E-state index contributed by atoms with van der Waals surface area (Å²) in [5.74, 6) is -1.13. The van der Waals surface area contributed by atoms with Crippen LogP contribution in [-0.4, -0.2) is 18.2 Å². The molecule has 1 aliphatic rings. The summed E-state index contributed by atoms with van der Waals surface area (Å²) < 4.78 is 13.9. The van der Waals surface area contributed by atoms with Gasteiger partial charge in [0.25, 0.3) is 5.91 Å². The average Bonchev–Trinajstić information content (AvgIpc) is 2.47. The number of nitrogens with one attached hydrogen (secondary N) is 1. The molecular formula is C17H14FNO2. The molecule has 0 aliphatic carbocycles. The fraction of sp³-hybridized carbons (Fsp3) is 0.176. The summed E-state index contributed by atoms with van der Waals surface area (Å²) in [4.78, 5) is 24.2. The van der Waals surface area contributed by atoms with Crippen molar-refractivity contribution in [3.05, 3.63) is 70.0 Å². The van der Waals surface area contributed by atoms with E-state index in [1.54, 1.807) is 31.2 Å². The van der Waals surface area contributed by atoms with Gasteiger partial charge in [-0.25, -0.2) is 4.39 Å². The maximum Gasteiger partial charge on any atom is 0.251 e. The van der Waals surface area contributed by atoms with Crippen molar-refractivity contribution in [1.29, 1.82) is 0 Å². The average molecular weight is 283 g/mol. The standard InChI is InChI=1S/C17H14FNO2/c1-10-2-5-13(15(18)8-10)16(20)12-4-3-11-6-7-19-17(21)14(11)9-12/h2-5,8-9H,6-7H2,1H3,(H,19,21).